The minimum absolute atomic E-state index is 0.283. The zero-order valence-corrected chi connectivity index (χ0v) is 12.8. The molecule has 0 aliphatic carbocycles. The monoisotopic (exact) mass is 308 g/mol. The molecule has 0 saturated heterocycles. The normalized spacial score (nSPS) is 11.2. The maximum Gasteiger partial charge on any atom is 0.175 e. The molecule has 106 valence electrons. The maximum atomic E-state index is 11.4. The summed E-state index contributed by atoms with van der Waals surface area (Å²) in [5, 5.41) is 0. The van der Waals surface area contributed by atoms with Crippen molar-refractivity contribution < 1.29 is 13.2 Å². The third kappa shape index (κ3) is 4.58. The van der Waals surface area contributed by atoms with E-state index in [0.717, 1.165) is 5.75 Å². The molecular formula is C15H16O3S2. The summed E-state index contributed by atoms with van der Waals surface area (Å²) in [5.74, 6) is 1.40. The minimum atomic E-state index is -3.18. The molecule has 3 nitrogen and oxygen atoms in total. The summed E-state index contributed by atoms with van der Waals surface area (Å²) >= 11 is 1.71. The number of ether oxygens (including phenoxy) is 1. The van der Waals surface area contributed by atoms with Crippen molar-refractivity contribution in [1.29, 1.82) is 0 Å². The van der Waals surface area contributed by atoms with Crippen LogP contribution in [0.15, 0.2) is 64.4 Å². The van der Waals surface area contributed by atoms with Gasteiger partial charge in [0.05, 0.1) is 11.5 Å². The van der Waals surface area contributed by atoms with E-state index in [1.54, 1.807) is 36.0 Å². The van der Waals surface area contributed by atoms with E-state index in [0.29, 0.717) is 12.4 Å². The average Bonchev–Trinajstić information content (AvgIpc) is 2.44. The molecule has 0 aliphatic rings. The Morgan fingerprint density at radius 1 is 1.05 bits per heavy atom. The lowest BCUT2D eigenvalue weighted by molar-refractivity contribution is 0.343. The molecule has 0 amide bonds. The Kier molecular flexibility index (Phi) is 5.09. The lowest BCUT2D eigenvalue weighted by Gasteiger charge is -2.07. The van der Waals surface area contributed by atoms with Gasteiger partial charge >= 0.3 is 0 Å². The Morgan fingerprint density at radius 3 is 2.50 bits per heavy atom. The highest BCUT2D eigenvalue weighted by Gasteiger charge is 2.07. The number of benzene rings is 2. The third-order valence-corrected chi connectivity index (χ3v) is 4.68. The molecule has 0 radical (unpaired) electrons. The third-order valence-electron chi connectivity index (χ3n) is 2.60. The van der Waals surface area contributed by atoms with Crippen LogP contribution >= 0.6 is 11.8 Å². The van der Waals surface area contributed by atoms with E-state index in [1.165, 1.54) is 11.2 Å². The van der Waals surface area contributed by atoms with E-state index >= 15 is 0 Å². The topological polar surface area (TPSA) is 43.4 Å². The van der Waals surface area contributed by atoms with Crippen molar-refractivity contribution in [2.24, 2.45) is 0 Å². The van der Waals surface area contributed by atoms with E-state index in [1.807, 2.05) is 18.2 Å². The predicted molar refractivity (Wildman–Crippen MR) is 82.2 cm³/mol. The highest BCUT2D eigenvalue weighted by Crippen LogP contribution is 2.19. The lowest BCUT2D eigenvalue weighted by atomic mass is 10.3. The number of hydrogen-bond acceptors (Lipinski definition) is 4. The van der Waals surface area contributed by atoms with E-state index in [2.05, 4.69) is 12.1 Å². The summed E-state index contributed by atoms with van der Waals surface area (Å²) in [6.45, 7) is 0.535. The number of hydrogen-bond donors (Lipinski definition) is 0. The molecule has 0 N–H and O–H groups in total. The Balaban J connectivity index is 1.86. The second-order valence-corrected chi connectivity index (χ2v) is 7.44. The zero-order chi connectivity index (χ0) is 14.4. The van der Waals surface area contributed by atoms with Gasteiger partial charge in [0.15, 0.2) is 9.84 Å². The molecular weight excluding hydrogens is 292 g/mol. The maximum absolute atomic E-state index is 11.4. The van der Waals surface area contributed by atoms with E-state index in [4.69, 9.17) is 4.74 Å². The molecule has 2 rings (SSSR count). The lowest BCUT2D eigenvalue weighted by Crippen LogP contribution is -2.02. The first-order valence-corrected chi connectivity index (χ1v) is 9.04. The molecule has 0 aliphatic heterocycles. The molecule has 5 heteroatoms. The van der Waals surface area contributed by atoms with Gasteiger partial charge in [0.25, 0.3) is 0 Å². The van der Waals surface area contributed by atoms with Gasteiger partial charge in [-0.1, -0.05) is 24.3 Å². The molecule has 0 spiro atoms. The van der Waals surface area contributed by atoms with Crippen molar-refractivity contribution in [2.75, 3.05) is 18.6 Å². The highest BCUT2D eigenvalue weighted by atomic mass is 32.2. The van der Waals surface area contributed by atoms with E-state index in [9.17, 15) is 8.42 Å². The van der Waals surface area contributed by atoms with E-state index in [-0.39, 0.29) is 4.90 Å². The van der Waals surface area contributed by atoms with Crippen molar-refractivity contribution in [1.82, 2.24) is 0 Å². The first kappa shape index (κ1) is 14.9. The van der Waals surface area contributed by atoms with Gasteiger partial charge in [-0.05, 0) is 30.3 Å². The standard InChI is InChI=1S/C15H16O3S2/c1-20(16,17)15-9-5-6-13(12-15)18-10-11-19-14-7-3-2-4-8-14/h2-9,12H,10-11H2,1H3. The van der Waals surface area contributed by atoms with Gasteiger partial charge in [0.1, 0.15) is 5.75 Å². The predicted octanol–water partition coefficient (Wildman–Crippen LogP) is 3.26. The quantitative estimate of drug-likeness (QED) is 0.607. The SMILES string of the molecule is CS(=O)(=O)c1cccc(OCCSc2ccccc2)c1. The van der Waals surface area contributed by atoms with Gasteiger partial charge in [0.2, 0.25) is 0 Å². The van der Waals surface area contributed by atoms with Crippen molar-refractivity contribution in [3.8, 4) is 5.75 Å². The molecule has 0 atom stereocenters. The first-order valence-electron chi connectivity index (χ1n) is 6.16. The van der Waals surface area contributed by atoms with Crippen molar-refractivity contribution in [2.45, 2.75) is 9.79 Å². The van der Waals surface area contributed by atoms with Crippen LogP contribution in [0.25, 0.3) is 0 Å². The van der Waals surface area contributed by atoms with Crippen LogP contribution in [0.5, 0.6) is 5.75 Å². The fourth-order valence-corrected chi connectivity index (χ4v) is 3.04. The van der Waals surface area contributed by atoms with E-state index < -0.39 is 9.84 Å². The second-order valence-electron chi connectivity index (χ2n) is 4.26. The Bertz CT molecular complexity index is 652. The molecule has 0 saturated carbocycles. The van der Waals surface area contributed by atoms with Crippen molar-refractivity contribution >= 4 is 21.6 Å². The fourth-order valence-electron chi connectivity index (χ4n) is 1.63. The summed E-state index contributed by atoms with van der Waals surface area (Å²) in [4.78, 5) is 1.48. The van der Waals surface area contributed by atoms with Gasteiger partial charge in [-0.25, -0.2) is 8.42 Å². The van der Waals surface area contributed by atoms with Crippen LogP contribution in [0.4, 0.5) is 0 Å². The second kappa shape index (κ2) is 6.81. The molecule has 0 unspecified atom stereocenters. The Hall–Kier alpha value is -1.46. The Morgan fingerprint density at radius 2 is 1.80 bits per heavy atom. The van der Waals surface area contributed by atoms with Crippen LogP contribution < -0.4 is 4.74 Å². The van der Waals surface area contributed by atoms with Crippen LogP contribution in [0.2, 0.25) is 0 Å². The molecule has 0 aromatic heterocycles. The fraction of sp³-hybridized carbons (Fsp3) is 0.200. The molecule has 0 fully saturated rings. The molecule has 0 heterocycles. The van der Waals surface area contributed by atoms with Crippen LogP contribution in [0, 0.1) is 0 Å². The van der Waals surface area contributed by atoms with Gasteiger partial charge in [-0.2, -0.15) is 0 Å². The van der Waals surface area contributed by atoms with Crippen LogP contribution in [0.1, 0.15) is 0 Å². The smallest absolute Gasteiger partial charge is 0.175 e. The Labute approximate surface area is 123 Å². The summed E-state index contributed by atoms with van der Waals surface area (Å²) in [7, 11) is -3.18. The molecule has 2 aromatic rings. The largest absolute Gasteiger partial charge is 0.493 e. The minimum Gasteiger partial charge on any atom is -0.493 e. The van der Waals surface area contributed by atoms with Crippen molar-refractivity contribution in [3.63, 3.8) is 0 Å². The number of thioether (sulfide) groups is 1. The van der Waals surface area contributed by atoms with Gasteiger partial charge < -0.3 is 4.74 Å². The zero-order valence-electron chi connectivity index (χ0n) is 11.2. The number of sulfone groups is 1. The molecule has 20 heavy (non-hydrogen) atoms. The van der Waals surface area contributed by atoms with Gasteiger partial charge in [0, 0.05) is 16.9 Å². The highest BCUT2D eigenvalue weighted by molar-refractivity contribution is 7.99. The van der Waals surface area contributed by atoms with Crippen LogP contribution in [-0.4, -0.2) is 27.0 Å². The van der Waals surface area contributed by atoms with Crippen LogP contribution in [-0.2, 0) is 9.84 Å². The van der Waals surface area contributed by atoms with Gasteiger partial charge in [-0.15, -0.1) is 11.8 Å². The summed E-state index contributed by atoms with van der Waals surface area (Å²) in [5.41, 5.74) is 0. The summed E-state index contributed by atoms with van der Waals surface area (Å²) in [6.07, 6.45) is 1.19. The van der Waals surface area contributed by atoms with Crippen LogP contribution in [0.3, 0.4) is 0 Å². The first-order chi connectivity index (χ1) is 9.55. The summed E-state index contributed by atoms with van der Waals surface area (Å²) < 4.78 is 28.5. The summed E-state index contributed by atoms with van der Waals surface area (Å²) in [6, 6.07) is 16.7. The molecule has 0 bridgehead atoms. The average molecular weight is 308 g/mol. The molecule has 2 aromatic carbocycles. The number of rotatable bonds is 6. The van der Waals surface area contributed by atoms with Gasteiger partial charge in [-0.3, -0.25) is 0 Å². The van der Waals surface area contributed by atoms with Crippen molar-refractivity contribution in [3.05, 3.63) is 54.6 Å².